The first-order valence-electron chi connectivity index (χ1n) is 5.19. The molecule has 0 fully saturated rings. The summed E-state index contributed by atoms with van der Waals surface area (Å²) in [6.45, 7) is 6.98. The fourth-order valence-corrected chi connectivity index (χ4v) is 2.15. The van der Waals surface area contributed by atoms with Gasteiger partial charge in [-0.25, -0.2) is 13.2 Å². The SMILES string of the molecule is C=C(C)C(=O)OCCS(=O)(=O)C(C)(C)C(=O)OC. The second kappa shape index (κ2) is 5.99. The number of ether oxygens (including phenoxy) is 2. The summed E-state index contributed by atoms with van der Waals surface area (Å²) in [4.78, 5) is 22.4. The van der Waals surface area contributed by atoms with Crippen molar-refractivity contribution in [2.24, 2.45) is 0 Å². The summed E-state index contributed by atoms with van der Waals surface area (Å²) in [5.74, 6) is -1.97. The zero-order chi connectivity index (χ0) is 14.6. The van der Waals surface area contributed by atoms with Gasteiger partial charge in [0.1, 0.15) is 6.61 Å². The van der Waals surface area contributed by atoms with Gasteiger partial charge in [0.25, 0.3) is 0 Å². The third-order valence-electron chi connectivity index (χ3n) is 2.39. The van der Waals surface area contributed by atoms with E-state index < -0.39 is 32.3 Å². The summed E-state index contributed by atoms with van der Waals surface area (Å²) in [5.41, 5.74) is 0.180. The summed E-state index contributed by atoms with van der Waals surface area (Å²) in [5, 5.41) is 0. The van der Waals surface area contributed by atoms with Crippen LogP contribution in [0.2, 0.25) is 0 Å². The molecule has 0 N–H and O–H groups in total. The van der Waals surface area contributed by atoms with Crippen molar-refractivity contribution in [2.45, 2.75) is 25.5 Å². The topological polar surface area (TPSA) is 86.7 Å². The maximum Gasteiger partial charge on any atom is 0.333 e. The molecule has 0 aliphatic heterocycles. The molecule has 0 aliphatic carbocycles. The normalized spacial score (nSPS) is 11.8. The Morgan fingerprint density at radius 2 is 1.78 bits per heavy atom. The van der Waals surface area contributed by atoms with Crippen LogP contribution in [0.3, 0.4) is 0 Å². The Kier molecular flexibility index (Phi) is 5.54. The highest BCUT2D eigenvalue weighted by Crippen LogP contribution is 2.19. The molecule has 0 atom stereocenters. The Morgan fingerprint density at radius 3 is 2.17 bits per heavy atom. The molecule has 0 spiro atoms. The highest BCUT2D eigenvalue weighted by atomic mass is 32.2. The monoisotopic (exact) mass is 278 g/mol. The van der Waals surface area contributed by atoms with Gasteiger partial charge in [-0.05, 0) is 20.8 Å². The number of hydrogen-bond donors (Lipinski definition) is 0. The molecule has 0 aromatic rings. The first-order valence-corrected chi connectivity index (χ1v) is 6.85. The van der Waals surface area contributed by atoms with Crippen molar-refractivity contribution in [2.75, 3.05) is 19.5 Å². The van der Waals surface area contributed by atoms with Gasteiger partial charge in [-0.2, -0.15) is 0 Å². The number of esters is 2. The fourth-order valence-electron chi connectivity index (χ4n) is 0.995. The lowest BCUT2D eigenvalue weighted by atomic mass is 10.2. The van der Waals surface area contributed by atoms with E-state index in [2.05, 4.69) is 16.1 Å². The molecular weight excluding hydrogens is 260 g/mol. The molecular formula is C11H18O6S. The molecule has 0 radical (unpaired) electrons. The van der Waals surface area contributed by atoms with Crippen molar-refractivity contribution in [3.8, 4) is 0 Å². The van der Waals surface area contributed by atoms with E-state index in [9.17, 15) is 18.0 Å². The lowest BCUT2D eigenvalue weighted by Gasteiger charge is -2.21. The van der Waals surface area contributed by atoms with Gasteiger partial charge in [0, 0.05) is 5.57 Å². The summed E-state index contributed by atoms with van der Waals surface area (Å²) in [7, 11) is -2.66. The second-order valence-corrected chi connectivity index (χ2v) is 6.90. The molecule has 0 aromatic carbocycles. The molecule has 0 heterocycles. The number of methoxy groups -OCH3 is 1. The van der Waals surface area contributed by atoms with Crippen LogP contribution in [0.15, 0.2) is 12.2 Å². The quantitative estimate of drug-likeness (QED) is 0.518. The first-order chi connectivity index (χ1) is 8.06. The first kappa shape index (κ1) is 16.6. The van der Waals surface area contributed by atoms with Gasteiger partial charge in [0.2, 0.25) is 0 Å². The fraction of sp³-hybridized carbons (Fsp3) is 0.636. The van der Waals surface area contributed by atoms with Crippen molar-refractivity contribution in [1.29, 1.82) is 0 Å². The van der Waals surface area contributed by atoms with E-state index in [1.165, 1.54) is 20.8 Å². The smallest absolute Gasteiger partial charge is 0.333 e. The molecule has 6 nitrogen and oxygen atoms in total. The lowest BCUT2D eigenvalue weighted by Crippen LogP contribution is -2.43. The highest BCUT2D eigenvalue weighted by molar-refractivity contribution is 7.93. The number of carbonyl (C=O) groups is 2. The second-order valence-electron chi connectivity index (χ2n) is 4.24. The molecule has 0 amide bonds. The van der Waals surface area contributed by atoms with E-state index in [1.54, 1.807) is 0 Å². The summed E-state index contributed by atoms with van der Waals surface area (Å²) in [6, 6.07) is 0. The summed E-state index contributed by atoms with van der Waals surface area (Å²) in [6.07, 6.45) is 0. The average molecular weight is 278 g/mol. The van der Waals surface area contributed by atoms with Crippen LogP contribution in [0.25, 0.3) is 0 Å². The van der Waals surface area contributed by atoms with Gasteiger partial charge in [-0.3, -0.25) is 4.79 Å². The molecule has 18 heavy (non-hydrogen) atoms. The molecule has 0 saturated heterocycles. The third-order valence-corrected chi connectivity index (χ3v) is 4.81. The Morgan fingerprint density at radius 1 is 1.28 bits per heavy atom. The predicted octanol–water partition coefficient (Wildman–Crippen LogP) is 0.472. The standard InChI is InChI=1S/C11H18O6S/c1-8(2)9(12)17-6-7-18(14,15)11(3,4)10(13)16-5/h1,6-7H2,2-5H3. The van der Waals surface area contributed by atoms with Crippen LogP contribution in [-0.2, 0) is 28.9 Å². The highest BCUT2D eigenvalue weighted by Gasteiger charge is 2.42. The van der Waals surface area contributed by atoms with Crippen LogP contribution >= 0.6 is 0 Å². The largest absolute Gasteiger partial charge is 0.468 e. The van der Waals surface area contributed by atoms with Crippen LogP contribution in [0.5, 0.6) is 0 Å². The Bertz CT molecular complexity index is 446. The van der Waals surface area contributed by atoms with Crippen LogP contribution in [0.4, 0.5) is 0 Å². The molecule has 0 aromatic heterocycles. The Balaban J connectivity index is 4.64. The maximum absolute atomic E-state index is 11.9. The van der Waals surface area contributed by atoms with E-state index in [4.69, 9.17) is 0 Å². The van der Waals surface area contributed by atoms with Gasteiger partial charge in [0.05, 0.1) is 12.9 Å². The third kappa shape index (κ3) is 3.83. The average Bonchev–Trinajstić information content (AvgIpc) is 2.26. The van der Waals surface area contributed by atoms with Crippen LogP contribution < -0.4 is 0 Å². The minimum absolute atomic E-state index is 0.180. The van der Waals surface area contributed by atoms with E-state index in [0.29, 0.717) is 0 Å². The van der Waals surface area contributed by atoms with Crippen molar-refractivity contribution in [3.05, 3.63) is 12.2 Å². The van der Waals surface area contributed by atoms with Crippen molar-refractivity contribution in [3.63, 3.8) is 0 Å². The zero-order valence-corrected chi connectivity index (χ0v) is 11.8. The molecule has 0 saturated carbocycles. The van der Waals surface area contributed by atoms with Crippen LogP contribution in [-0.4, -0.2) is 44.6 Å². The van der Waals surface area contributed by atoms with Gasteiger partial charge in [0.15, 0.2) is 14.6 Å². The molecule has 104 valence electrons. The van der Waals surface area contributed by atoms with Gasteiger partial charge < -0.3 is 9.47 Å². The maximum atomic E-state index is 11.9. The lowest BCUT2D eigenvalue weighted by molar-refractivity contribution is -0.142. The van der Waals surface area contributed by atoms with Crippen molar-refractivity contribution >= 4 is 21.8 Å². The molecule has 7 heteroatoms. The molecule has 0 rings (SSSR count). The van der Waals surface area contributed by atoms with Crippen LogP contribution in [0, 0.1) is 0 Å². The minimum atomic E-state index is -3.77. The summed E-state index contributed by atoms with van der Waals surface area (Å²) < 4.78 is 31.2. The van der Waals surface area contributed by atoms with Crippen molar-refractivity contribution < 1.29 is 27.5 Å². The predicted molar refractivity (Wildman–Crippen MR) is 65.7 cm³/mol. The van der Waals surface area contributed by atoms with E-state index >= 15 is 0 Å². The Labute approximate surface area is 107 Å². The van der Waals surface area contributed by atoms with Gasteiger partial charge in [-0.1, -0.05) is 6.58 Å². The Hall–Kier alpha value is -1.37. The molecule has 0 unspecified atom stereocenters. The van der Waals surface area contributed by atoms with Crippen LogP contribution in [0.1, 0.15) is 20.8 Å². The molecule has 0 aliphatic rings. The van der Waals surface area contributed by atoms with Crippen molar-refractivity contribution in [1.82, 2.24) is 0 Å². The van der Waals surface area contributed by atoms with E-state index in [0.717, 1.165) is 7.11 Å². The minimum Gasteiger partial charge on any atom is -0.468 e. The number of hydrogen-bond acceptors (Lipinski definition) is 6. The summed E-state index contributed by atoms with van der Waals surface area (Å²) >= 11 is 0. The van der Waals surface area contributed by atoms with Gasteiger partial charge in [-0.15, -0.1) is 0 Å². The molecule has 0 bridgehead atoms. The number of carbonyl (C=O) groups excluding carboxylic acids is 2. The zero-order valence-electron chi connectivity index (χ0n) is 11.0. The number of rotatable bonds is 6. The van der Waals surface area contributed by atoms with E-state index in [1.807, 2.05) is 0 Å². The number of sulfone groups is 1. The van der Waals surface area contributed by atoms with Gasteiger partial charge >= 0.3 is 11.9 Å². The van der Waals surface area contributed by atoms with E-state index in [-0.39, 0.29) is 12.2 Å².